The Morgan fingerprint density at radius 2 is 1.90 bits per heavy atom. The molecule has 0 saturated heterocycles. The lowest BCUT2D eigenvalue weighted by molar-refractivity contribution is 1.09. The topological polar surface area (TPSA) is 0 Å². The Balaban J connectivity index is 2.75. The van der Waals surface area contributed by atoms with Crippen molar-refractivity contribution in [2.24, 2.45) is 0 Å². The van der Waals surface area contributed by atoms with Gasteiger partial charge in [-0.15, -0.1) is 11.6 Å². The number of benzene rings is 1. The average Bonchev–Trinajstić information content (AvgIpc) is 2.05. The van der Waals surface area contributed by atoms with Gasteiger partial charge in [-0.2, -0.15) is 0 Å². The summed E-state index contributed by atoms with van der Waals surface area (Å²) in [5.41, 5.74) is 1.16. The maximum Gasteiger partial charge on any atom is 0.0613 e. The second-order valence-electron chi connectivity index (χ2n) is 2.15. The van der Waals surface area contributed by atoms with Crippen molar-refractivity contribution < 1.29 is 0 Å². The number of rotatable bonds is 2. The van der Waals surface area contributed by atoms with Crippen LogP contribution in [0.1, 0.15) is 17.9 Å². The summed E-state index contributed by atoms with van der Waals surface area (Å²) in [6.07, 6.45) is 1.97. The van der Waals surface area contributed by atoms with E-state index >= 15 is 0 Å². The van der Waals surface area contributed by atoms with Gasteiger partial charge in [0.1, 0.15) is 0 Å². The Bertz CT molecular complexity index is 181. The van der Waals surface area contributed by atoms with Crippen LogP contribution in [0.5, 0.6) is 0 Å². The van der Waals surface area contributed by atoms with Crippen LogP contribution in [0.4, 0.5) is 0 Å². The number of halogens is 1. The first-order valence-corrected chi connectivity index (χ1v) is 3.76. The molecule has 1 atom stereocenters. The lowest BCUT2D eigenvalue weighted by atomic mass is 10.1. The van der Waals surface area contributed by atoms with E-state index in [1.165, 1.54) is 0 Å². The quantitative estimate of drug-likeness (QED) is 0.573. The van der Waals surface area contributed by atoms with Crippen molar-refractivity contribution >= 4 is 11.6 Å². The van der Waals surface area contributed by atoms with Gasteiger partial charge in [0.2, 0.25) is 0 Å². The van der Waals surface area contributed by atoms with E-state index in [2.05, 4.69) is 0 Å². The number of alkyl halides is 1. The minimum absolute atomic E-state index is 0.0567. The molecular weight excluding hydrogens is 144 g/mol. The lowest BCUT2D eigenvalue weighted by Gasteiger charge is -2.03. The summed E-state index contributed by atoms with van der Waals surface area (Å²) in [4.78, 5) is 0. The molecule has 0 spiro atoms. The molecule has 0 aliphatic rings. The summed E-state index contributed by atoms with van der Waals surface area (Å²) < 4.78 is 0. The van der Waals surface area contributed by atoms with Gasteiger partial charge in [0.25, 0.3) is 0 Å². The van der Waals surface area contributed by atoms with Crippen molar-refractivity contribution in [1.29, 1.82) is 0 Å². The zero-order chi connectivity index (χ0) is 7.40. The third kappa shape index (κ3) is 1.74. The standard InChI is InChI=1S/C9H10Cl/c1-2-9(10)8-6-4-3-5-7-8/h2-7,9H,1H3. The molecule has 0 nitrogen and oxygen atoms in total. The maximum atomic E-state index is 5.94. The van der Waals surface area contributed by atoms with Crippen LogP contribution in [0.15, 0.2) is 30.3 Å². The largest absolute Gasteiger partial charge is 0.118 e. The molecule has 0 aliphatic carbocycles. The van der Waals surface area contributed by atoms with E-state index in [0.29, 0.717) is 0 Å². The summed E-state index contributed by atoms with van der Waals surface area (Å²) in [7, 11) is 0. The average molecular weight is 154 g/mol. The third-order valence-corrected chi connectivity index (χ3v) is 1.91. The first kappa shape index (κ1) is 7.62. The van der Waals surface area contributed by atoms with Crippen LogP contribution in [0, 0.1) is 6.42 Å². The van der Waals surface area contributed by atoms with Crippen molar-refractivity contribution in [3.63, 3.8) is 0 Å². The highest BCUT2D eigenvalue weighted by Gasteiger charge is 2.01. The summed E-state index contributed by atoms with van der Waals surface area (Å²) in [6, 6.07) is 10.0. The second-order valence-corrected chi connectivity index (χ2v) is 2.62. The van der Waals surface area contributed by atoms with Crippen LogP contribution in [-0.2, 0) is 0 Å². The van der Waals surface area contributed by atoms with Gasteiger partial charge in [-0.25, -0.2) is 0 Å². The lowest BCUT2D eigenvalue weighted by Crippen LogP contribution is -1.86. The molecule has 1 aromatic rings. The smallest absolute Gasteiger partial charge is 0.0613 e. The van der Waals surface area contributed by atoms with Crippen LogP contribution >= 0.6 is 11.6 Å². The Morgan fingerprint density at radius 3 is 2.40 bits per heavy atom. The number of hydrogen-bond acceptors (Lipinski definition) is 0. The van der Waals surface area contributed by atoms with Crippen molar-refractivity contribution in [1.82, 2.24) is 0 Å². The summed E-state index contributed by atoms with van der Waals surface area (Å²) >= 11 is 5.94. The minimum Gasteiger partial charge on any atom is -0.118 e. The van der Waals surface area contributed by atoms with E-state index in [1.54, 1.807) is 0 Å². The highest BCUT2D eigenvalue weighted by Crippen LogP contribution is 2.21. The fraction of sp³-hybridized carbons (Fsp3) is 0.222. The van der Waals surface area contributed by atoms with Crippen molar-refractivity contribution in [3.05, 3.63) is 42.3 Å². The monoisotopic (exact) mass is 153 g/mol. The van der Waals surface area contributed by atoms with Gasteiger partial charge in [0, 0.05) is 0 Å². The van der Waals surface area contributed by atoms with Crippen molar-refractivity contribution in [3.8, 4) is 0 Å². The molecular formula is C9H10Cl. The predicted molar refractivity (Wildman–Crippen MR) is 45.0 cm³/mol. The van der Waals surface area contributed by atoms with Gasteiger partial charge in [-0.05, 0) is 12.0 Å². The van der Waals surface area contributed by atoms with Crippen LogP contribution in [-0.4, -0.2) is 0 Å². The molecule has 0 N–H and O–H groups in total. The molecule has 0 aliphatic heterocycles. The molecule has 1 rings (SSSR count). The predicted octanol–water partition coefficient (Wildman–Crippen LogP) is 3.19. The molecule has 1 radical (unpaired) electrons. The molecule has 10 heavy (non-hydrogen) atoms. The molecule has 0 saturated carbocycles. The normalized spacial score (nSPS) is 13.0. The molecule has 0 bridgehead atoms. The Morgan fingerprint density at radius 1 is 1.30 bits per heavy atom. The van der Waals surface area contributed by atoms with Crippen molar-refractivity contribution in [2.45, 2.75) is 12.3 Å². The zero-order valence-corrected chi connectivity index (χ0v) is 6.68. The minimum atomic E-state index is 0.0567. The van der Waals surface area contributed by atoms with Gasteiger partial charge in [-0.3, -0.25) is 0 Å². The Labute approximate surface area is 66.8 Å². The SMILES string of the molecule is C[CH]C(Cl)c1ccccc1. The fourth-order valence-corrected chi connectivity index (χ4v) is 0.975. The second kappa shape index (κ2) is 3.62. The van der Waals surface area contributed by atoms with Gasteiger partial charge in [0.15, 0.2) is 0 Å². The molecule has 0 fully saturated rings. The Kier molecular flexibility index (Phi) is 2.76. The molecule has 1 aromatic carbocycles. The fourth-order valence-electron chi connectivity index (χ4n) is 0.829. The summed E-state index contributed by atoms with van der Waals surface area (Å²) in [5, 5.41) is 0.0567. The molecule has 53 valence electrons. The Hall–Kier alpha value is -0.490. The van der Waals surface area contributed by atoms with E-state index in [1.807, 2.05) is 43.7 Å². The molecule has 0 aromatic heterocycles. The van der Waals surface area contributed by atoms with E-state index in [0.717, 1.165) is 5.56 Å². The van der Waals surface area contributed by atoms with Gasteiger partial charge in [-0.1, -0.05) is 37.3 Å². The van der Waals surface area contributed by atoms with Crippen LogP contribution < -0.4 is 0 Å². The maximum absolute atomic E-state index is 5.94. The van der Waals surface area contributed by atoms with Crippen LogP contribution in [0.2, 0.25) is 0 Å². The molecule has 0 heterocycles. The van der Waals surface area contributed by atoms with Gasteiger partial charge >= 0.3 is 0 Å². The molecule has 1 heteroatoms. The van der Waals surface area contributed by atoms with Crippen LogP contribution in [0.3, 0.4) is 0 Å². The third-order valence-electron chi connectivity index (χ3n) is 1.41. The van der Waals surface area contributed by atoms with E-state index in [-0.39, 0.29) is 5.38 Å². The number of hydrogen-bond donors (Lipinski definition) is 0. The summed E-state index contributed by atoms with van der Waals surface area (Å²) in [6.45, 7) is 1.96. The van der Waals surface area contributed by atoms with Crippen LogP contribution in [0.25, 0.3) is 0 Å². The molecule has 1 unspecified atom stereocenters. The zero-order valence-electron chi connectivity index (χ0n) is 5.92. The first-order chi connectivity index (χ1) is 4.84. The summed E-state index contributed by atoms with van der Waals surface area (Å²) in [5.74, 6) is 0. The highest BCUT2D eigenvalue weighted by atomic mass is 35.5. The van der Waals surface area contributed by atoms with E-state index in [9.17, 15) is 0 Å². The van der Waals surface area contributed by atoms with Gasteiger partial charge in [0.05, 0.1) is 5.38 Å². The highest BCUT2D eigenvalue weighted by molar-refractivity contribution is 6.21. The molecule has 0 amide bonds. The first-order valence-electron chi connectivity index (χ1n) is 3.33. The van der Waals surface area contributed by atoms with Crippen molar-refractivity contribution in [2.75, 3.05) is 0 Å². The van der Waals surface area contributed by atoms with Gasteiger partial charge < -0.3 is 0 Å². The van der Waals surface area contributed by atoms with E-state index in [4.69, 9.17) is 11.6 Å². The van der Waals surface area contributed by atoms with E-state index < -0.39 is 0 Å².